The zero-order chi connectivity index (χ0) is 14.3. The minimum atomic E-state index is -4.42. The molecular formula is C14H10F3N3. The molecule has 3 nitrogen and oxygen atoms in total. The van der Waals surface area contributed by atoms with E-state index in [0.717, 1.165) is 17.0 Å². The highest BCUT2D eigenvalue weighted by Crippen LogP contribution is 2.28. The van der Waals surface area contributed by atoms with Gasteiger partial charge in [0.1, 0.15) is 5.69 Å². The fraction of sp³-hybridized carbons (Fsp3) is 0.0714. The van der Waals surface area contributed by atoms with Crippen molar-refractivity contribution in [3.05, 3.63) is 54.5 Å². The molecule has 0 fully saturated rings. The summed E-state index contributed by atoms with van der Waals surface area (Å²) < 4.78 is 39.2. The molecule has 2 N–H and O–H groups in total. The average molecular weight is 277 g/mol. The van der Waals surface area contributed by atoms with Gasteiger partial charge in [-0.15, -0.1) is 0 Å². The minimum Gasteiger partial charge on any atom is -0.399 e. The number of rotatable bonds is 1. The first-order valence-electron chi connectivity index (χ1n) is 5.85. The summed E-state index contributed by atoms with van der Waals surface area (Å²) in [5.41, 5.74) is 6.86. The number of aromatic nitrogens is 2. The van der Waals surface area contributed by atoms with Crippen molar-refractivity contribution < 1.29 is 13.2 Å². The van der Waals surface area contributed by atoms with Gasteiger partial charge < -0.3 is 10.3 Å². The van der Waals surface area contributed by atoms with E-state index in [-0.39, 0.29) is 0 Å². The summed E-state index contributed by atoms with van der Waals surface area (Å²) in [6.45, 7) is 0. The van der Waals surface area contributed by atoms with Crippen LogP contribution in [0.3, 0.4) is 0 Å². The molecule has 0 amide bonds. The van der Waals surface area contributed by atoms with Gasteiger partial charge in [0.05, 0.1) is 17.4 Å². The predicted molar refractivity (Wildman–Crippen MR) is 70.5 cm³/mol. The number of fused-ring (bicyclic) bond motifs is 1. The minimum absolute atomic E-state index is 0.567. The lowest BCUT2D eigenvalue weighted by Gasteiger charge is -2.08. The van der Waals surface area contributed by atoms with E-state index in [0.29, 0.717) is 11.4 Å². The number of nitrogens with two attached hydrogens (primary N) is 1. The third-order valence-electron chi connectivity index (χ3n) is 3.03. The molecule has 2 aromatic heterocycles. The molecule has 2 heterocycles. The second kappa shape index (κ2) is 4.26. The number of nitrogens with zero attached hydrogens (tertiary/aromatic N) is 2. The maximum absolute atomic E-state index is 12.5. The van der Waals surface area contributed by atoms with Crippen LogP contribution < -0.4 is 5.73 Å². The van der Waals surface area contributed by atoms with Gasteiger partial charge in [-0.2, -0.15) is 13.2 Å². The van der Waals surface area contributed by atoms with Gasteiger partial charge in [-0.1, -0.05) is 0 Å². The third-order valence-corrected chi connectivity index (χ3v) is 3.03. The largest absolute Gasteiger partial charge is 0.433 e. The van der Waals surface area contributed by atoms with E-state index >= 15 is 0 Å². The van der Waals surface area contributed by atoms with Crippen molar-refractivity contribution in [1.29, 1.82) is 0 Å². The molecule has 0 radical (unpaired) electrons. The molecule has 0 saturated carbocycles. The lowest BCUT2D eigenvalue weighted by atomic mass is 10.2. The first-order chi connectivity index (χ1) is 9.45. The lowest BCUT2D eigenvalue weighted by Crippen LogP contribution is -2.08. The van der Waals surface area contributed by atoms with Crippen molar-refractivity contribution in [2.24, 2.45) is 0 Å². The molecule has 0 aliphatic rings. The van der Waals surface area contributed by atoms with Crippen molar-refractivity contribution in [3.8, 4) is 5.69 Å². The van der Waals surface area contributed by atoms with E-state index in [1.165, 1.54) is 12.3 Å². The Morgan fingerprint density at radius 3 is 2.50 bits per heavy atom. The van der Waals surface area contributed by atoms with Gasteiger partial charge in [0.2, 0.25) is 0 Å². The number of nitrogen functional groups attached to an aromatic ring is 1. The first kappa shape index (κ1) is 12.5. The zero-order valence-corrected chi connectivity index (χ0v) is 10.2. The zero-order valence-electron chi connectivity index (χ0n) is 10.2. The molecule has 0 unspecified atom stereocenters. The highest BCUT2D eigenvalue weighted by atomic mass is 19.4. The summed E-state index contributed by atoms with van der Waals surface area (Å²) in [7, 11) is 0. The molecule has 0 saturated heterocycles. The number of benzene rings is 1. The van der Waals surface area contributed by atoms with Gasteiger partial charge in [0, 0.05) is 17.3 Å². The van der Waals surface area contributed by atoms with Crippen LogP contribution in [0, 0.1) is 0 Å². The molecular weight excluding hydrogens is 267 g/mol. The molecule has 0 aliphatic carbocycles. The normalized spacial score (nSPS) is 11.9. The van der Waals surface area contributed by atoms with E-state index in [4.69, 9.17) is 5.73 Å². The maximum Gasteiger partial charge on any atom is 0.433 e. The molecule has 20 heavy (non-hydrogen) atoms. The summed E-state index contributed by atoms with van der Waals surface area (Å²) in [6, 6.07) is 9.59. The van der Waals surface area contributed by atoms with Crippen LogP contribution in [0.5, 0.6) is 0 Å². The number of anilines is 1. The Kier molecular flexibility index (Phi) is 2.67. The maximum atomic E-state index is 12.5. The molecule has 3 rings (SSSR count). The molecule has 0 atom stereocenters. The predicted octanol–water partition coefficient (Wildman–Crippen LogP) is 3.63. The number of halogens is 3. The van der Waals surface area contributed by atoms with E-state index in [1.54, 1.807) is 16.8 Å². The Bertz CT molecular complexity index is 757. The van der Waals surface area contributed by atoms with Crippen LogP contribution in [0.1, 0.15) is 5.69 Å². The quantitative estimate of drug-likeness (QED) is 0.690. The Balaban J connectivity index is 2.07. The van der Waals surface area contributed by atoms with Crippen LogP contribution in [0.25, 0.3) is 16.6 Å². The monoisotopic (exact) mass is 277 g/mol. The highest BCUT2D eigenvalue weighted by Gasteiger charge is 2.32. The summed E-state index contributed by atoms with van der Waals surface area (Å²) >= 11 is 0. The lowest BCUT2D eigenvalue weighted by molar-refractivity contribution is -0.141. The van der Waals surface area contributed by atoms with Crippen molar-refractivity contribution >= 4 is 16.6 Å². The van der Waals surface area contributed by atoms with Gasteiger partial charge in [-0.25, -0.2) is 4.98 Å². The summed E-state index contributed by atoms with van der Waals surface area (Å²) in [5.74, 6) is 0. The highest BCUT2D eigenvalue weighted by molar-refractivity contribution is 5.84. The second-order valence-corrected chi connectivity index (χ2v) is 4.40. The molecule has 0 spiro atoms. The smallest absolute Gasteiger partial charge is 0.399 e. The number of pyridine rings is 1. The summed E-state index contributed by atoms with van der Waals surface area (Å²) in [4.78, 5) is 3.46. The van der Waals surface area contributed by atoms with Gasteiger partial charge >= 0.3 is 6.18 Å². The van der Waals surface area contributed by atoms with Crippen LogP contribution in [0.15, 0.2) is 48.8 Å². The number of alkyl halides is 3. The fourth-order valence-corrected chi connectivity index (χ4v) is 2.08. The third kappa shape index (κ3) is 2.09. The Hall–Kier alpha value is -2.50. The molecule has 0 bridgehead atoms. The molecule has 0 aliphatic heterocycles. The van der Waals surface area contributed by atoms with Gasteiger partial charge in [-0.05, 0) is 36.4 Å². The summed E-state index contributed by atoms with van der Waals surface area (Å²) in [6.07, 6.45) is -1.45. The van der Waals surface area contributed by atoms with E-state index in [9.17, 15) is 13.2 Å². The Morgan fingerprint density at radius 2 is 1.85 bits per heavy atom. The Morgan fingerprint density at radius 1 is 1.05 bits per heavy atom. The van der Waals surface area contributed by atoms with Gasteiger partial charge in [0.15, 0.2) is 0 Å². The summed E-state index contributed by atoms with van der Waals surface area (Å²) in [5, 5.41) is 0.921. The molecule has 1 aromatic carbocycles. The average Bonchev–Trinajstić information content (AvgIpc) is 2.80. The van der Waals surface area contributed by atoms with Crippen molar-refractivity contribution in [2.75, 3.05) is 5.73 Å². The van der Waals surface area contributed by atoms with Gasteiger partial charge in [0.25, 0.3) is 0 Å². The van der Waals surface area contributed by atoms with Crippen molar-refractivity contribution in [3.63, 3.8) is 0 Å². The van der Waals surface area contributed by atoms with E-state index < -0.39 is 11.9 Å². The van der Waals surface area contributed by atoms with Crippen LogP contribution in [0.4, 0.5) is 18.9 Å². The van der Waals surface area contributed by atoms with E-state index in [2.05, 4.69) is 4.98 Å². The molecule has 6 heteroatoms. The van der Waals surface area contributed by atoms with Gasteiger partial charge in [-0.3, -0.25) is 0 Å². The number of hydrogen-bond acceptors (Lipinski definition) is 2. The van der Waals surface area contributed by atoms with Crippen molar-refractivity contribution in [2.45, 2.75) is 6.18 Å². The van der Waals surface area contributed by atoms with Crippen LogP contribution >= 0.6 is 0 Å². The van der Waals surface area contributed by atoms with E-state index in [1.807, 2.05) is 18.2 Å². The fourth-order valence-electron chi connectivity index (χ4n) is 2.08. The topological polar surface area (TPSA) is 43.8 Å². The van der Waals surface area contributed by atoms with Crippen LogP contribution in [-0.2, 0) is 6.18 Å². The van der Waals surface area contributed by atoms with Crippen LogP contribution in [-0.4, -0.2) is 9.55 Å². The van der Waals surface area contributed by atoms with Crippen LogP contribution in [0.2, 0.25) is 0 Å². The van der Waals surface area contributed by atoms with Crippen molar-refractivity contribution in [1.82, 2.24) is 9.55 Å². The first-order valence-corrected chi connectivity index (χ1v) is 5.85. The molecule has 3 aromatic rings. The molecule has 102 valence electrons. The number of hydrogen-bond donors (Lipinski definition) is 1. The SMILES string of the molecule is Nc1ccc2c(ccn2-c2ccc(C(F)(F)F)nc2)c1. The Labute approximate surface area is 112 Å². The second-order valence-electron chi connectivity index (χ2n) is 4.40. The standard InChI is InChI=1S/C14H10F3N3/c15-14(16,17)13-4-2-11(8-19-13)20-6-5-9-7-10(18)1-3-12(9)20/h1-8H,18H2.